The number of hydrogen-bond acceptors (Lipinski definition) is 8. The highest BCUT2D eigenvalue weighted by molar-refractivity contribution is 7.89. The number of nitrogens with zero attached hydrogens (tertiary/aromatic N) is 3. The molecule has 0 spiro atoms. The number of aromatic nitrogens is 2. The summed E-state index contributed by atoms with van der Waals surface area (Å²) in [7, 11) is -2.25. The van der Waals surface area contributed by atoms with E-state index in [1.807, 2.05) is 0 Å². The van der Waals surface area contributed by atoms with Gasteiger partial charge in [0.05, 0.1) is 5.69 Å². The number of esters is 1. The van der Waals surface area contributed by atoms with E-state index in [2.05, 4.69) is 15.3 Å². The van der Waals surface area contributed by atoms with E-state index in [-0.39, 0.29) is 28.1 Å². The van der Waals surface area contributed by atoms with E-state index in [1.54, 1.807) is 19.2 Å². The summed E-state index contributed by atoms with van der Waals surface area (Å²) < 4.78 is 32.7. The second-order valence-electron chi connectivity index (χ2n) is 7.22. The van der Waals surface area contributed by atoms with Crippen LogP contribution in [0.25, 0.3) is 0 Å². The Morgan fingerprint density at radius 2 is 1.84 bits per heavy atom. The smallest absolute Gasteiger partial charge is 0.361 e. The monoisotopic (exact) mass is 447 g/mol. The summed E-state index contributed by atoms with van der Waals surface area (Å²) in [5, 5.41) is 2.51. The Hall–Kier alpha value is -3.05. The summed E-state index contributed by atoms with van der Waals surface area (Å²) in [6.07, 6.45) is 7.31. The molecular weight excluding hydrogens is 422 g/mol. The number of ether oxygens (including phenoxy) is 1. The number of nitrogens with one attached hydrogen (secondary N) is 1. The zero-order chi connectivity index (χ0) is 22.4. The van der Waals surface area contributed by atoms with Crippen molar-refractivity contribution in [3.05, 3.63) is 42.4 Å². The van der Waals surface area contributed by atoms with Gasteiger partial charge in [-0.2, -0.15) is 4.31 Å². The molecule has 166 valence electrons. The molecule has 10 nitrogen and oxygen atoms in total. The lowest BCUT2D eigenvalue weighted by Crippen LogP contribution is -2.38. The first-order valence-electron chi connectivity index (χ1n) is 9.91. The summed E-state index contributed by atoms with van der Waals surface area (Å²) in [6, 6.07) is 6.06. The Morgan fingerprint density at radius 3 is 2.55 bits per heavy atom. The van der Waals surface area contributed by atoms with E-state index in [1.165, 1.54) is 28.8 Å². The summed E-state index contributed by atoms with van der Waals surface area (Å²) in [4.78, 5) is 31.8. The van der Waals surface area contributed by atoms with Crippen molar-refractivity contribution in [1.82, 2.24) is 14.3 Å². The van der Waals surface area contributed by atoms with Crippen molar-refractivity contribution in [2.45, 2.75) is 43.0 Å². The molecule has 0 bridgehead atoms. The van der Waals surface area contributed by atoms with Crippen LogP contribution < -0.4 is 11.1 Å². The molecule has 1 amide bonds. The number of nitrogen functional groups attached to an aromatic ring is 1. The standard InChI is InChI=1S/C20H25N5O5S/c1-25(14-7-3-2-4-8-14)31(28,29)16-10-6-5-9-15(16)24-17(26)13-30-20(27)18-19(21)23-12-11-22-18/h5-6,9-12,14H,2-4,7-8,13H2,1H3,(H2,21,23)(H,24,26). The van der Waals surface area contributed by atoms with Crippen molar-refractivity contribution in [2.75, 3.05) is 24.7 Å². The van der Waals surface area contributed by atoms with Gasteiger partial charge in [-0.25, -0.2) is 23.2 Å². The zero-order valence-electron chi connectivity index (χ0n) is 17.2. The number of benzene rings is 1. The average Bonchev–Trinajstić information content (AvgIpc) is 2.78. The number of carbonyl (C=O) groups excluding carboxylic acids is 2. The number of carbonyl (C=O) groups is 2. The third kappa shape index (κ3) is 5.36. The minimum atomic E-state index is -3.82. The lowest BCUT2D eigenvalue weighted by Gasteiger charge is -2.30. The van der Waals surface area contributed by atoms with Gasteiger partial charge in [-0.3, -0.25) is 4.79 Å². The van der Waals surface area contributed by atoms with Crippen LogP contribution in [0.15, 0.2) is 41.6 Å². The first kappa shape index (κ1) is 22.6. The van der Waals surface area contributed by atoms with Gasteiger partial charge in [-0.15, -0.1) is 0 Å². The first-order chi connectivity index (χ1) is 14.8. The summed E-state index contributed by atoms with van der Waals surface area (Å²) >= 11 is 0. The molecule has 1 aliphatic rings. The van der Waals surface area contributed by atoms with Gasteiger partial charge in [0.25, 0.3) is 5.91 Å². The van der Waals surface area contributed by atoms with Gasteiger partial charge in [0.15, 0.2) is 18.1 Å². The highest BCUT2D eigenvalue weighted by Gasteiger charge is 2.31. The largest absolute Gasteiger partial charge is 0.451 e. The van der Waals surface area contributed by atoms with Gasteiger partial charge in [-0.05, 0) is 25.0 Å². The van der Waals surface area contributed by atoms with Crippen molar-refractivity contribution >= 4 is 33.4 Å². The Balaban J connectivity index is 1.69. The fraction of sp³-hybridized carbons (Fsp3) is 0.400. The fourth-order valence-corrected chi connectivity index (χ4v) is 5.04. The molecular formula is C20H25N5O5S. The normalized spacial score (nSPS) is 14.9. The van der Waals surface area contributed by atoms with Gasteiger partial charge >= 0.3 is 5.97 Å². The Bertz CT molecular complexity index is 1050. The van der Waals surface area contributed by atoms with E-state index in [4.69, 9.17) is 10.5 Å². The van der Waals surface area contributed by atoms with Gasteiger partial charge in [0.2, 0.25) is 10.0 Å². The molecule has 1 aliphatic carbocycles. The first-order valence-corrected chi connectivity index (χ1v) is 11.3. The van der Waals surface area contributed by atoms with Gasteiger partial charge in [-0.1, -0.05) is 31.4 Å². The SMILES string of the molecule is CN(C1CCCCC1)S(=O)(=O)c1ccccc1NC(=O)COC(=O)c1nccnc1N. The molecule has 1 fully saturated rings. The minimum Gasteiger partial charge on any atom is -0.451 e. The number of nitrogens with two attached hydrogens (primary N) is 1. The van der Waals surface area contributed by atoms with Crippen molar-refractivity contribution in [1.29, 1.82) is 0 Å². The molecule has 11 heteroatoms. The summed E-state index contributed by atoms with van der Waals surface area (Å²) in [6.45, 7) is -0.637. The highest BCUT2D eigenvalue weighted by Crippen LogP contribution is 2.29. The van der Waals surface area contributed by atoms with Crippen LogP contribution in [0, 0.1) is 0 Å². The number of anilines is 2. The molecule has 0 atom stereocenters. The Labute approximate surface area is 180 Å². The van der Waals surface area contributed by atoms with Crippen LogP contribution in [-0.2, 0) is 19.6 Å². The van der Waals surface area contributed by atoms with E-state index < -0.39 is 28.5 Å². The van der Waals surface area contributed by atoms with Crippen LogP contribution in [0.3, 0.4) is 0 Å². The molecule has 3 N–H and O–H groups in total. The maximum atomic E-state index is 13.2. The number of para-hydroxylation sites is 1. The topological polar surface area (TPSA) is 145 Å². The summed E-state index contributed by atoms with van der Waals surface area (Å²) in [5.74, 6) is -1.72. The van der Waals surface area contributed by atoms with Crippen molar-refractivity contribution < 1.29 is 22.7 Å². The molecule has 3 rings (SSSR count). The maximum Gasteiger partial charge on any atom is 0.361 e. The molecule has 0 aliphatic heterocycles. The third-order valence-electron chi connectivity index (χ3n) is 5.16. The van der Waals surface area contributed by atoms with Crippen molar-refractivity contribution in [3.8, 4) is 0 Å². The average molecular weight is 448 g/mol. The van der Waals surface area contributed by atoms with Crippen LogP contribution in [0.5, 0.6) is 0 Å². The van der Waals surface area contributed by atoms with Crippen molar-refractivity contribution in [3.63, 3.8) is 0 Å². The molecule has 0 saturated heterocycles. The number of rotatable bonds is 7. The second kappa shape index (κ2) is 9.84. The molecule has 0 unspecified atom stereocenters. The van der Waals surface area contributed by atoms with Crippen molar-refractivity contribution in [2.24, 2.45) is 0 Å². The Morgan fingerprint density at radius 1 is 1.16 bits per heavy atom. The number of hydrogen-bond donors (Lipinski definition) is 2. The van der Waals surface area contributed by atoms with Crippen LogP contribution in [-0.4, -0.2) is 54.3 Å². The van der Waals surface area contributed by atoms with Crippen LogP contribution in [0.1, 0.15) is 42.6 Å². The molecule has 2 aromatic rings. The zero-order valence-corrected chi connectivity index (χ0v) is 18.0. The maximum absolute atomic E-state index is 13.2. The van der Waals surface area contributed by atoms with Gasteiger partial charge in [0.1, 0.15) is 4.90 Å². The van der Waals surface area contributed by atoms with Crippen LogP contribution in [0.4, 0.5) is 11.5 Å². The lowest BCUT2D eigenvalue weighted by atomic mass is 9.96. The number of amides is 1. The third-order valence-corrected chi connectivity index (χ3v) is 7.13. The summed E-state index contributed by atoms with van der Waals surface area (Å²) in [5.41, 5.74) is 5.48. The molecule has 1 saturated carbocycles. The fourth-order valence-electron chi connectivity index (χ4n) is 3.48. The van der Waals surface area contributed by atoms with Crippen LogP contribution >= 0.6 is 0 Å². The van der Waals surface area contributed by atoms with E-state index in [0.717, 1.165) is 32.1 Å². The lowest BCUT2D eigenvalue weighted by molar-refractivity contribution is -0.119. The van der Waals surface area contributed by atoms with Gasteiger partial charge in [0, 0.05) is 25.5 Å². The second-order valence-corrected chi connectivity index (χ2v) is 9.19. The predicted octanol–water partition coefficient (Wildman–Crippen LogP) is 1.81. The van der Waals surface area contributed by atoms with Crippen LogP contribution in [0.2, 0.25) is 0 Å². The quantitative estimate of drug-likeness (QED) is 0.611. The van der Waals surface area contributed by atoms with E-state index in [0.29, 0.717) is 0 Å². The predicted molar refractivity (Wildman–Crippen MR) is 114 cm³/mol. The minimum absolute atomic E-state index is 0.0130. The number of sulfonamides is 1. The highest BCUT2D eigenvalue weighted by atomic mass is 32.2. The van der Waals surface area contributed by atoms with E-state index in [9.17, 15) is 18.0 Å². The molecule has 1 aromatic heterocycles. The molecule has 1 aromatic carbocycles. The molecule has 31 heavy (non-hydrogen) atoms. The van der Waals surface area contributed by atoms with Gasteiger partial charge < -0.3 is 15.8 Å². The Kier molecular flexibility index (Phi) is 7.18. The molecule has 1 heterocycles. The van der Waals surface area contributed by atoms with E-state index >= 15 is 0 Å². The molecule has 0 radical (unpaired) electrons.